The number of rotatable bonds is 12. The molecule has 1 rings (SSSR count). The molecule has 29 heavy (non-hydrogen) atoms. The molecule has 0 saturated heterocycles. The summed E-state index contributed by atoms with van der Waals surface area (Å²) in [7, 11) is 3.14. The molecule has 0 atom stereocenters. The minimum atomic E-state index is -0.936. The van der Waals surface area contributed by atoms with Gasteiger partial charge < -0.3 is 29.2 Å². The molecule has 0 aliphatic heterocycles. The van der Waals surface area contributed by atoms with Crippen LogP contribution in [0.2, 0.25) is 0 Å². The molecule has 162 valence electrons. The van der Waals surface area contributed by atoms with E-state index in [4.69, 9.17) is 24.1 Å². The standard InChI is InChI=1S/C23H34O6/c1-7-28-19(16-23(3,4)25)13-17(2)10-12-29-22-20(26-5)14-18(9-8-11-24)15-21(22)27-6/h8-10,14-16,24-25H,7,11-13H2,1-6H3. The van der Waals surface area contributed by atoms with Crippen molar-refractivity contribution in [2.45, 2.75) is 39.7 Å². The summed E-state index contributed by atoms with van der Waals surface area (Å²) in [5, 5.41) is 19.0. The highest BCUT2D eigenvalue weighted by Gasteiger charge is 2.14. The number of aliphatic hydroxyl groups excluding tert-OH is 1. The molecule has 0 aromatic heterocycles. The van der Waals surface area contributed by atoms with Crippen LogP contribution < -0.4 is 14.2 Å². The van der Waals surface area contributed by atoms with Crippen LogP contribution in [0.1, 0.15) is 39.7 Å². The average molecular weight is 407 g/mol. The number of ether oxygens (including phenoxy) is 4. The molecule has 1 aromatic carbocycles. The van der Waals surface area contributed by atoms with Gasteiger partial charge in [0.25, 0.3) is 0 Å². The van der Waals surface area contributed by atoms with E-state index >= 15 is 0 Å². The Morgan fingerprint density at radius 1 is 1.14 bits per heavy atom. The molecule has 0 radical (unpaired) electrons. The lowest BCUT2D eigenvalue weighted by Gasteiger charge is -2.17. The summed E-state index contributed by atoms with van der Waals surface area (Å²) in [5.41, 5.74) is 0.952. The van der Waals surface area contributed by atoms with Crippen LogP contribution in [0.4, 0.5) is 0 Å². The monoisotopic (exact) mass is 406 g/mol. The number of hydrogen-bond donors (Lipinski definition) is 2. The normalized spacial score (nSPS) is 13.0. The summed E-state index contributed by atoms with van der Waals surface area (Å²) < 4.78 is 22.4. The lowest BCUT2D eigenvalue weighted by molar-refractivity contribution is 0.122. The highest BCUT2D eigenvalue weighted by atomic mass is 16.5. The summed E-state index contributed by atoms with van der Waals surface area (Å²) in [6, 6.07) is 3.64. The lowest BCUT2D eigenvalue weighted by atomic mass is 10.1. The second-order valence-electron chi connectivity index (χ2n) is 7.08. The molecule has 0 spiro atoms. The van der Waals surface area contributed by atoms with Crippen molar-refractivity contribution < 1.29 is 29.2 Å². The van der Waals surface area contributed by atoms with Gasteiger partial charge in [0.1, 0.15) is 6.61 Å². The fraction of sp³-hybridized carbons (Fsp3) is 0.478. The van der Waals surface area contributed by atoms with Crippen molar-refractivity contribution in [3.63, 3.8) is 0 Å². The SMILES string of the molecule is CCOC(=CC(C)(C)O)CC(C)=CCOc1c(OC)cc(C=CCO)cc1OC. The van der Waals surface area contributed by atoms with Crippen molar-refractivity contribution in [1.82, 2.24) is 0 Å². The van der Waals surface area contributed by atoms with Gasteiger partial charge in [-0.25, -0.2) is 0 Å². The Kier molecular flexibility index (Phi) is 10.3. The first-order valence-corrected chi connectivity index (χ1v) is 9.62. The maximum absolute atomic E-state index is 10.00. The van der Waals surface area contributed by atoms with Crippen LogP contribution in [-0.2, 0) is 4.74 Å². The minimum absolute atomic E-state index is 0.0431. The molecule has 1 aromatic rings. The molecular formula is C23H34O6. The Hall–Kier alpha value is -2.44. The molecule has 0 unspecified atom stereocenters. The van der Waals surface area contributed by atoms with Crippen molar-refractivity contribution in [2.24, 2.45) is 0 Å². The van der Waals surface area contributed by atoms with Crippen LogP contribution in [0, 0.1) is 0 Å². The fourth-order valence-electron chi connectivity index (χ4n) is 2.66. The zero-order valence-electron chi connectivity index (χ0n) is 18.3. The van der Waals surface area contributed by atoms with Gasteiger partial charge in [0.05, 0.1) is 38.8 Å². The number of allylic oxidation sites excluding steroid dienone is 1. The molecular weight excluding hydrogens is 372 g/mol. The topological polar surface area (TPSA) is 77.4 Å². The molecule has 0 aliphatic rings. The summed E-state index contributed by atoms with van der Waals surface area (Å²) in [5.74, 6) is 2.33. The van der Waals surface area contributed by atoms with Gasteiger partial charge in [0.2, 0.25) is 5.75 Å². The molecule has 0 amide bonds. The smallest absolute Gasteiger partial charge is 0.203 e. The van der Waals surface area contributed by atoms with Crippen molar-refractivity contribution in [3.8, 4) is 17.2 Å². The van der Waals surface area contributed by atoms with Crippen molar-refractivity contribution in [2.75, 3.05) is 34.0 Å². The van der Waals surface area contributed by atoms with E-state index in [2.05, 4.69) is 0 Å². The number of hydrogen-bond acceptors (Lipinski definition) is 6. The van der Waals surface area contributed by atoms with E-state index in [-0.39, 0.29) is 6.61 Å². The number of aliphatic hydroxyl groups is 2. The van der Waals surface area contributed by atoms with Crippen LogP contribution in [0.3, 0.4) is 0 Å². The van der Waals surface area contributed by atoms with Gasteiger partial charge in [-0.2, -0.15) is 0 Å². The van der Waals surface area contributed by atoms with E-state index < -0.39 is 5.60 Å². The Bertz CT molecular complexity index is 700. The van der Waals surface area contributed by atoms with E-state index in [9.17, 15) is 5.11 Å². The highest BCUT2D eigenvalue weighted by molar-refractivity contribution is 5.62. The number of methoxy groups -OCH3 is 2. The first kappa shape index (κ1) is 24.6. The van der Waals surface area contributed by atoms with E-state index in [0.29, 0.717) is 36.9 Å². The molecule has 0 heterocycles. The average Bonchev–Trinajstić information content (AvgIpc) is 2.65. The highest BCUT2D eigenvalue weighted by Crippen LogP contribution is 2.39. The maximum Gasteiger partial charge on any atom is 0.203 e. The fourth-order valence-corrected chi connectivity index (χ4v) is 2.66. The van der Waals surface area contributed by atoms with Gasteiger partial charge >= 0.3 is 0 Å². The van der Waals surface area contributed by atoms with Gasteiger partial charge in [-0.1, -0.05) is 17.7 Å². The van der Waals surface area contributed by atoms with Gasteiger partial charge in [-0.15, -0.1) is 0 Å². The van der Waals surface area contributed by atoms with E-state index in [1.165, 1.54) is 0 Å². The number of benzene rings is 1. The molecule has 0 aliphatic carbocycles. The summed E-state index contributed by atoms with van der Waals surface area (Å²) >= 11 is 0. The summed E-state index contributed by atoms with van der Waals surface area (Å²) in [6.45, 7) is 8.15. The van der Waals surface area contributed by atoms with Gasteiger partial charge in [-0.05, 0) is 57.5 Å². The molecule has 0 bridgehead atoms. The predicted octanol–water partition coefficient (Wildman–Crippen LogP) is 4.12. The quantitative estimate of drug-likeness (QED) is 0.402. The first-order valence-electron chi connectivity index (χ1n) is 9.62. The van der Waals surface area contributed by atoms with Gasteiger partial charge in [0.15, 0.2) is 11.5 Å². The zero-order chi connectivity index (χ0) is 21.9. The molecule has 6 heteroatoms. The third-order valence-corrected chi connectivity index (χ3v) is 3.86. The van der Waals surface area contributed by atoms with Gasteiger partial charge in [-0.3, -0.25) is 0 Å². The van der Waals surface area contributed by atoms with Crippen molar-refractivity contribution in [1.29, 1.82) is 0 Å². The minimum Gasteiger partial charge on any atom is -0.498 e. The molecule has 2 N–H and O–H groups in total. The van der Waals surface area contributed by atoms with Crippen LogP contribution >= 0.6 is 0 Å². The third kappa shape index (κ3) is 9.07. The Morgan fingerprint density at radius 2 is 1.76 bits per heavy atom. The molecule has 0 fully saturated rings. The third-order valence-electron chi connectivity index (χ3n) is 3.86. The largest absolute Gasteiger partial charge is 0.498 e. The summed E-state index contributed by atoms with van der Waals surface area (Å²) in [6.07, 6.45) is 7.68. The predicted molar refractivity (Wildman–Crippen MR) is 116 cm³/mol. The molecule has 6 nitrogen and oxygen atoms in total. The zero-order valence-corrected chi connectivity index (χ0v) is 18.3. The Labute approximate surface area is 174 Å². The van der Waals surface area contributed by atoms with E-state index in [0.717, 1.165) is 16.9 Å². The van der Waals surface area contributed by atoms with Crippen LogP contribution in [0.15, 0.2) is 41.7 Å². The second-order valence-corrected chi connectivity index (χ2v) is 7.08. The maximum atomic E-state index is 10.00. The van der Waals surface area contributed by atoms with Gasteiger partial charge in [0, 0.05) is 6.42 Å². The lowest BCUT2D eigenvalue weighted by Crippen LogP contribution is -2.16. The van der Waals surface area contributed by atoms with Crippen molar-refractivity contribution in [3.05, 3.63) is 47.3 Å². The van der Waals surface area contributed by atoms with Crippen LogP contribution in [0.25, 0.3) is 6.08 Å². The van der Waals surface area contributed by atoms with Crippen LogP contribution in [0.5, 0.6) is 17.2 Å². The Morgan fingerprint density at radius 3 is 2.24 bits per heavy atom. The first-order chi connectivity index (χ1) is 13.7. The second kappa shape index (κ2) is 12.2. The summed E-state index contributed by atoms with van der Waals surface area (Å²) in [4.78, 5) is 0. The Balaban J connectivity index is 2.93. The van der Waals surface area contributed by atoms with E-state index in [1.54, 1.807) is 46.3 Å². The van der Waals surface area contributed by atoms with Crippen LogP contribution in [-0.4, -0.2) is 49.9 Å². The van der Waals surface area contributed by atoms with E-state index in [1.807, 2.05) is 32.1 Å². The molecule has 0 saturated carbocycles. The van der Waals surface area contributed by atoms with Crippen molar-refractivity contribution >= 4 is 6.08 Å².